The lowest BCUT2D eigenvalue weighted by atomic mass is 10.1. The normalized spacial score (nSPS) is 11.6. The van der Waals surface area contributed by atoms with E-state index >= 15 is 0 Å². The zero-order chi connectivity index (χ0) is 29.1. The van der Waals surface area contributed by atoms with Gasteiger partial charge in [0.15, 0.2) is 0 Å². The molecule has 0 saturated carbocycles. The molecule has 222 valence electrons. The average molecular weight is 576 g/mol. The minimum absolute atomic E-state index is 0.379. The number of carbonyl (C=O) groups is 2. The summed E-state index contributed by atoms with van der Waals surface area (Å²) in [4.78, 5) is 23.2. The first-order valence-electron chi connectivity index (χ1n) is 14.2. The van der Waals surface area contributed by atoms with E-state index in [1.807, 2.05) is 57.2 Å². The second kappa shape index (κ2) is 19.2. The Bertz CT molecular complexity index is 1040. The standard InChI is InChI=1S/C30H45NO8Si/c1-5-37-40(38-6-2,39-7-3)22-12-19-31-30(33)36-21-11-9-8-10-20-35-28-17-16-26-23-25(13-15-27(26)24-28)14-18-29(32)34-4/h13-18,23-24H,5-12,19-22H2,1-4H3,(H,31,33)/b18-14+. The summed E-state index contributed by atoms with van der Waals surface area (Å²) in [5.41, 5.74) is 0.929. The quantitative estimate of drug-likeness (QED) is 0.0871. The Hall–Kier alpha value is -2.92. The third-order valence-corrected chi connectivity index (χ3v) is 9.16. The summed E-state index contributed by atoms with van der Waals surface area (Å²) in [6.07, 6.45) is 7.13. The maximum absolute atomic E-state index is 12.0. The third-order valence-electron chi connectivity index (χ3n) is 6.01. The second-order valence-electron chi connectivity index (χ2n) is 9.04. The summed E-state index contributed by atoms with van der Waals surface area (Å²) in [5, 5.41) is 4.93. The van der Waals surface area contributed by atoms with Crippen LogP contribution in [0.1, 0.15) is 58.4 Å². The predicted octanol–water partition coefficient (Wildman–Crippen LogP) is 6.13. The molecule has 1 amide bonds. The van der Waals surface area contributed by atoms with Crippen LogP contribution in [0.25, 0.3) is 16.8 Å². The summed E-state index contributed by atoms with van der Waals surface area (Å²) >= 11 is 0. The monoisotopic (exact) mass is 575 g/mol. The van der Waals surface area contributed by atoms with Gasteiger partial charge in [-0.25, -0.2) is 9.59 Å². The van der Waals surface area contributed by atoms with Crippen LogP contribution in [0.4, 0.5) is 4.79 Å². The number of fused-ring (bicyclic) bond motifs is 1. The number of nitrogens with one attached hydrogen (secondary N) is 1. The average Bonchev–Trinajstić information content (AvgIpc) is 2.95. The second-order valence-corrected chi connectivity index (χ2v) is 11.8. The lowest BCUT2D eigenvalue weighted by molar-refractivity contribution is -0.134. The summed E-state index contributed by atoms with van der Waals surface area (Å²) in [6.45, 7) is 8.92. The molecule has 0 aliphatic carbocycles. The molecule has 0 fully saturated rings. The van der Waals surface area contributed by atoms with Crippen molar-refractivity contribution in [3.8, 4) is 5.75 Å². The van der Waals surface area contributed by atoms with Crippen LogP contribution in [0, 0.1) is 0 Å². The molecule has 2 aromatic carbocycles. The van der Waals surface area contributed by atoms with E-state index in [1.165, 1.54) is 13.2 Å². The number of methoxy groups -OCH3 is 1. The van der Waals surface area contributed by atoms with E-state index in [-0.39, 0.29) is 5.97 Å². The van der Waals surface area contributed by atoms with Gasteiger partial charge in [-0.15, -0.1) is 0 Å². The van der Waals surface area contributed by atoms with Gasteiger partial charge < -0.3 is 32.8 Å². The predicted molar refractivity (Wildman–Crippen MR) is 158 cm³/mol. The highest BCUT2D eigenvalue weighted by Gasteiger charge is 2.39. The van der Waals surface area contributed by atoms with Crippen molar-refractivity contribution in [1.82, 2.24) is 5.32 Å². The molecule has 0 saturated heterocycles. The lowest BCUT2D eigenvalue weighted by Gasteiger charge is -2.28. The molecule has 2 rings (SSSR count). The van der Waals surface area contributed by atoms with E-state index in [1.54, 1.807) is 6.08 Å². The highest BCUT2D eigenvalue weighted by Crippen LogP contribution is 2.23. The van der Waals surface area contributed by atoms with Crippen molar-refractivity contribution in [3.05, 3.63) is 48.0 Å². The van der Waals surface area contributed by atoms with Gasteiger partial charge in [0.05, 0.1) is 20.3 Å². The molecule has 0 aliphatic rings. The number of carbonyl (C=O) groups excluding carboxylic acids is 2. The number of hydrogen-bond donors (Lipinski definition) is 1. The van der Waals surface area contributed by atoms with Gasteiger partial charge in [0.1, 0.15) is 5.75 Å². The zero-order valence-corrected chi connectivity index (χ0v) is 25.4. The number of hydrogen-bond acceptors (Lipinski definition) is 8. The fourth-order valence-corrected chi connectivity index (χ4v) is 6.74. The molecule has 1 N–H and O–H groups in total. The fraction of sp³-hybridized carbons (Fsp3) is 0.533. The van der Waals surface area contributed by atoms with Crippen LogP contribution >= 0.6 is 0 Å². The Balaban J connectivity index is 1.56. The Morgan fingerprint density at radius 3 is 2.15 bits per heavy atom. The summed E-state index contributed by atoms with van der Waals surface area (Å²) in [6, 6.07) is 12.6. The van der Waals surface area contributed by atoms with Crippen molar-refractivity contribution in [3.63, 3.8) is 0 Å². The molecule has 0 unspecified atom stereocenters. The van der Waals surface area contributed by atoms with Crippen molar-refractivity contribution in [2.75, 3.05) is 46.7 Å². The van der Waals surface area contributed by atoms with Crippen LogP contribution in [-0.4, -0.2) is 67.6 Å². The van der Waals surface area contributed by atoms with E-state index in [9.17, 15) is 9.59 Å². The highest BCUT2D eigenvalue weighted by atomic mass is 28.4. The number of unbranched alkanes of at least 4 members (excludes halogenated alkanes) is 3. The molecular weight excluding hydrogens is 530 g/mol. The largest absolute Gasteiger partial charge is 0.500 e. The molecule has 0 heterocycles. The molecule has 40 heavy (non-hydrogen) atoms. The number of ether oxygens (including phenoxy) is 3. The fourth-order valence-electron chi connectivity index (χ4n) is 4.13. The minimum atomic E-state index is -2.68. The zero-order valence-electron chi connectivity index (χ0n) is 24.4. The maximum Gasteiger partial charge on any atom is 0.500 e. The van der Waals surface area contributed by atoms with Crippen molar-refractivity contribution >= 4 is 37.7 Å². The topological polar surface area (TPSA) is 102 Å². The molecule has 0 atom stereocenters. The first kappa shape index (κ1) is 33.3. The smallest absolute Gasteiger partial charge is 0.494 e. The molecule has 0 radical (unpaired) electrons. The molecule has 9 nitrogen and oxygen atoms in total. The van der Waals surface area contributed by atoms with Crippen LogP contribution in [0.5, 0.6) is 5.75 Å². The number of benzene rings is 2. The van der Waals surface area contributed by atoms with Crippen molar-refractivity contribution in [1.29, 1.82) is 0 Å². The molecule has 0 aliphatic heterocycles. The number of rotatable bonds is 20. The SMILES string of the molecule is CCO[Si](CCCNC(=O)OCCCCCCOc1ccc2cc(/C=C/C(=O)OC)ccc2c1)(OCC)OCC. The van der Waals surface area contributed by atoms with Gasteiger partial charge in [-0.2, -0.15) is 0 Å². The Labute approximate surface area is 239 Å². The summed E-state index contributed by atoms with van der Waals surface area (Å²) < 4.78 is 33.3. The Morgan fingerprint density at radius 2 is 1.48 bits per heavy atom. The van der Waals surface area contributed by atoms with Crippen LogP contribution in [0.2, 0.25) is 6.04 Å². The summed E-state index contributed by atoms with van der Waals surface area (Å²) in [7, 11) is -1.32. The molecule has 0 aromatic heterocycles. The van der Waals surface area contributed by atoms with Gasteiger partial charge in [0.25, 0.3) is 0 Å². The van der Waals surface area contributed by atoms with E-state index in [2.05, 4.69) is 10.1 Å². The maximum atomic E-state index is 12.0. The minimum Gasteiger partial charge on any atom is -0.494 e. The van der Waals surface area contributed by atoms with Crippen LogP contribution in [0.3, 0.4) is 0 Å². The van der Waals surface area contributed by atoms with Gasteiger partial charge in [-0.3, -0.25) is 0 Å². The first-order chi connectivity index (χ1) is 19.4. The molecular formula is C30H45NO8Si. The molecule has 0 bridgehead atoms. The van der Waals surface area contributed by atoms with E-state index in [0.717, 1.165) is 47.8 Å². The van der Waals surface area contributed by atoms with Crippen LogP contribution in [0.15, 0.2) is 42.5 Å². The first-order valence-corrected chi connectivity index (χ1v) is 16.1. The van der Waals surface area contributed by atoms with E-state index in [0.29, 0.717) is 52.0 Å². The van der Waals surface area contributed by atoms with Crippen LogP contribution in [-0.2, 0) is 27.5 Å². The number of esters is 1. The van der Waals surface area contributed by atoms with E-state index in [4.69, 9.17) is 22.8 Å². The van der Waals surface area contributed by atoms with E-state index < -0.39 is 14.9 Å². The van der Waals surface area contributed by atoms with Crippen molar-refractivity contribution in [2.45, 2.75) is 58.9 Å². The molecule has 10 heteroatoms. The number of amides is 1. The molecule has 2 aromatic rings. The van der Waals surface area contributed by atoms with Gasteiger partial charge in [-0.1, -0.05) is 18.2 Å². The number of alkyl carbamates (subject to hydrolysis) is 1. The summed E-state index contributed by atoms with van der Waals surface area (Å²) in [5.74, 6) is 0.449. The van der Waals surface area contributed by atoms with Gasteiger partial charge in [-0.05, 0) is 93.5 Å². The van der Waals surface area contributed by atoms with Gasteiger partial charge in [0.2, 0.25) is 0 Å². The molecule has 0 spiro atoms. The highest BCUT2D eigenvalue weighted by molar-refractivity contribution is 6.60. The van der Waals surface area contributed by atoms with Crippen molar-refractivity contribution < 1.29 is 37.1 Å². The lowest BCUT2D eigenvalue weighted by Crippen LogP contribution is -2.46. The van der Waals surface area contributed by atoms with Crippen molar-refractivity contribution in [2.24, 2.45) is 0 Å². The van der Waals surface area contributed by atoms with Gasteiger partial charge in [0, 0.05) is 38.5 Å². The van der Waals surface area contributed by atoms with Crippen LogP contribution < -0.4 is 10.1 Å². The Kier molecular flexibility index (Phi) is 16.0. The van der Waals surface area contributed by atoms with Gasteiger partial charge >= 0.3 is 20.9 Å². The Morgan fingerprint density at radius 1 is 0.825 bits per heavy atom. The third kappa shape index (κ3) is 12.5.